The van der Waals surface area contributed by atoms with Crippen LogP contribution in [0.25, 0.3) is 44.7 Å². The zero-order valence-corrected chi connectivity index (χ0v) is 29.6. The summed E-state index contributed by atoms with van der Waals surface area (Å²) in [4.78, 5) is 18.5. The topological polar surface area (TPSA) is 157 Å². The lowest BCUT2D eigenvalue weighted by Gasteiger charge is -2.23. The third kappa shape index (κ3) is 5.96. The Bertz CT molecular complexity index is 2680. The van der Waals surface area contributed by atoms with Crippen LogP contribution in [0.1, 0.15) is 0 Å². The lowest BCUT2D eigenvalue weighted by Crippen LogP contribution is -2.54. The Morgan fingerprint density at radius 3 is 0.982 bits per heavy atom. The van der Waals surface area contributed by atoms with E-state index in [1.165, 1.54) is 0 Å². The molecule has 0 saturated heterocycles. The molecule has 4 aromatic carbocycles. The van der Waals surface area contributed by atoms with Crippen molar-refractivity contribution < 1.29 is 0 Å². The number of nitrogens with zero attached hydrogens (tertiary/aromatic N) is 10. The van der Waals surface area contributed by atoms with Crippen LogP contribution in [-0.4, -0.2) is 42.6 Å². The van der Waals surface area contributed by atoms with Crippen molar-refractivity contribution in [2.75, 3.05) is 0 Å². The van der Waals surface area contributed by atoms with E-state index in [9.17, 15) is 21.0 Å². The molecule has 0 aliphatic carbocycles. The van der Waals surface area contributed by atoms with Gasteiger partial charge in [0.1, 0.15) is 35.7 Å². The summed E-state index contributed by atoms with van der Waals surface area (Å²) in [6.45, 7) is -1.26. The average Bonchev–Trinajstić information content (AvgIpc) is 3.77. The fourth-order valence-corrected chi connectivity index (χ4v) is 7.54. The number of hydrogen-bond acceptors (Lipinski definition) is 8. The second-order valence-electron chi connectivity index (χ2n) is 12.7. The minimum Gasteiger partial charge on any atom is -0.372 e. The minimum absolute atomic E-state index is 0.192. The SMILES string of the molecule is N#CC(C#N)=c1c2c(-c3cnccn3)n(B(c3ccccc3)c3ccccc3)c(=C(C#N)C#N)c2c(-c2cnccn2)n1B(c1ccccc1)c1ccccc1. The molecule has 0 spiro atoms. The highest BCUT2D eigenvalue weighted by atomic mass is 15.0. The van der Waals surface area contributed by atoms with Crippen LogP contribution < -0.4 is 32.5 Å². The van der Waals surface area contributed by atoms with Gasteiger partial charge < -0.3 is 8.96 Å². The van der Waals surface area contributed by atoms with E-state index in [-0.39, 0.29) is 21.8 Å². The van der Waals surface area contributed by atoms with Gasteiger partial charge in [-0.05, 0) is 0 Å². The van der Waals surface area contributed by atoms with Crippen molar-refractivity contribution in [1.29, 1.82) is 21.0 Å². The van der Waals surface area contributed by atoms with Gasteiger partial charge >= 0.3 is 13.7 Å². The van der Waals surface area contributed by atoms with Crippen LogP contribution in [0.15, 0.2) is 159 Å². The molecule has 0 amide bonds. The molecule has 0 unspecified atom stereocenters. The molecule has 8 aromatic rings. The standard InChI is InChI=1S/C44H26B2N10/c47-25-31(26-48)41-39-40(43(37-29-51-21-23-53-37)55(41)45(33-13-5-1-6-14-33)34-15-7-2-8-16-34)42(32(27-49)28-50)56(44(39)38-30-52-22-24-54-38)46(35-17-9-3-10-18-35)36-19-11-4-12-20-36/h1-24,29-30H. The third-order valence-corrected chi connectivity index (χ3v) is 9.67. The second-order valence-corrected chi connectivity index (χ2v) is 12.7. The first kappa shape index (κ1) is 34.8. The number of aromatic nitrogens is 6. The normalized spacial score (nSPS) is 10.4. The van der Waals surface area contributed by atoms with E-state index in [1.54, 1.807) is 37.2 Å². The van der Waals surface area contributed by atoms with Gasteiger partial charge in [-0.15, -0.1) is 0 Å². The van der Waals surface area contributed by atoms with E-state index in [4.69, 9.17) is 9.97 Å². The van der Waals surface area contributed by atoms with Gasteiger partial charge in [-0.1, -0.05) is 143 Å². The molecule has 10 nitrogen and oxygen atoms in total. The number of nitriles is 4. The van der Waals surface area contributed by atoms with Gasteiger partial charge in [0.2, 0.25) is 0 Å². The lowest BCUT2D eigenvalue weighted by atomic mass is 9.50. The van der Waals surface area contributed by atoms with Crippen molar-refractivity contribution in [2.24, 2.45) is 0 Å². The number of benzene rings is 4. The van der Waals surface area contributed by atoms with Crippen LogP contribution in [-0.2, 0) is 0 Å². The highest BCUT2D eigenvalue weighted by Crippen LogP contribution is 2.33. The van der Waals surface area contributed by atoms with Crippen LogP contribution in [0, 0.1) is 45.3 Å². The first-order valence-corrected chi connectivity index (χ1v) is 17.6. The Kier molecular flexibility index (Phi) is 9.53. The highest BCUT2D eigenvalue weighted by Gasteiger charge is 2.37. The maximum atomic E-state index is 10.9. The van der Waals surface area contributed by atoms with Crippen molar-refractivity contribution >= 4 is 57.5 Å². The van der Waals surface area contributed by atoms with Gasteiger partial charge in [-0.2, -0.15) is 21.0 Å². The van der Waals surface area contributed by atoms with E-state index < -0.39 is 13.7 Å². The summed E-state index contributed by atoms with van der Waals surface area (Å²) in [5.41, 5.74) is 4.71. The number of hydrogen-bond donors (Lipinski definition) is 0. The van der Waals surface area contributed by atoms with Gasteiger partial charge in [0.15, 0.2) is 11.1 Å². The molecule has 0 atom stereocenters. The Morgan fingerprint density at radius 2 is 0.732 bits per heavy atom. The van der Waals surface area contributed by atoms with Crippen LogP contribution in [0.3, 0.4) is 0 Å². The zero-order valence-electron chi connectivity index (χ0n) is 29.6. The average molecular weight is 716 g/mol. The fraction of sp³-hybridized carbons (Fsp3) is 0. The van der Waals surface area contributed by atoms with Gasteiger partial charge in [-0.3, -0.25) is 19.9 Å². The second kappa shape index (κ2) is 15.3. The Labute approximate surface area is 322 Å². The summed E-state index contributed by atoms with van der Waals surface area (Å²) in [6, 6.07) is 47.8. The zero-order chi connectivity index (χ0) is 38.4. The molecule has 56 heavy (non-hydrogen) atoms. The van der Waals surface area contributed by atoms with Gasteiger partial charge in [-0.25, -0.2) is 0 Å². The first-order valence-electron chi connectivity index (χ1n) is 17.6. The Balaban J connectivity index is 1.76. The van der Waals surface area contributed by atoms with Crippen molar-refractivity contribution in [3.8, 4) is 47.1 Å². The summed E-state index contributed by atoms with van der Waals surface area (Å²) >= 11 is 0. The first-order chi connectivity index (χ1) is 27.7. The molecule has 0 aliphatic heterocycles. The van der Waals surface area contributed by atoms with E-state index in [2.05, 4.69) is 34.2 Å². The molecular formula is C44H26B2N10. The molecule has 4 heterocycles. The van der Waals surface area contributed by atoms with Crippen molar-refractivity contribution in [2.45, 2.75) is 0 Å². The lowest BCUT2D eigenvalue weighted by molar-refractivity contribution is 1.10. The van der Waals surface area contributed by atoms with Crippen LogP contribution in [0.2, 0.25) is 0 Å². The number of fused-ring (bicyclic) bond motifs is 1. The predicted octanol–water partition coefficient (Wildman–Crippen LogP) is 3.06. The summed E-state index contributed by atoms with van der Waals surface area (Å²) < 4.78 is 3.86. The largest absolute Gasteiger partial charge is 0.372 e. The molecule has 0 aliphatic rings. The molecule has 4 aromatic heterocycles. The summed E-state index contributed by atoms with van der Waals surface area (Å²) in [5.74, 6) is 0. The molecule has 0 radical (unpaired) electrons. The third-order valence-electron chi connectivity index (χ3n) is 9.67. The Morgan fingerprint density at radius 1 is 0.429 bits per heavy atom. The van der Waals surface area contributed by atoms with Gasteiger partial charge in [0.25, 0.3) is 0 Å². The van der Waals surface area contributed by atoms with E-state index >= 15 is 0 Å². The predicted molar refractivity (Wildman–Crippen MR) is 217 cm³/mol. The molecule has 0 bridgehead atoms. The molecule has 0 fully saturated rings. The molecule has 258 valence electrons. The van der Waals surface area contributed by atoms with Crippen LogP contribution in [0.5, 0.6) is 0 Å². The maximum Gasteiger partial charge on any atom is 0.328 e. The summed E-state index contributed by atoms with van der Waals surface area (Å²) in [5, 5.41) is 44.9. The van der Waals surface area contributed by atoms with Crippen molar-refractivity contribution in [3.63, 3.8) is 0 Å². The molecule has 0 saturated carbocycles. The van der Waals surface area contributed by atoms with Gasteiger partial charge in [0, 0.05) is 35.6 Å². The maximum absolute atomic E-state index is 10.9. The van der Waals surface area contributed by atoms with Crippen LogP contribution in [0.4, 0.5) is 0 Å². The van der Waals surface area contributed by atoms with Crippen molar-refractivity contribution in [3.05, 3.63) is 169 Å². The summed E-state index contributed by atoms with van der Waals surface area (Å²) in [7, 11) is 0. The number of rotatable bonds is 8. The monoisotopic (exact) mass is 716 g/mol. The molecule has 8 rings (SSSR count). The smallest absolute Gasteiger partial charge is 0.328 e. The summed E-state index contributed by atoms with van der Waals surface area (Å²) in [6.07, 6.45) is 9.45. The molecular weight excluding hydrogens is 690 g/mol. The Hall–Kier alpha value is -8.31. The van der Waals surface area contributed by atoms with Crippen molar-refractivity contribution in [1.82, 2.24) is 28.9 Å². The van der Waals surface area contributed by atoms with Crippen LogP contribution >= 0.6 is 0 Å². The highest BCUT2D eigenvalue weighted by molar-refractivity contribution is 6.85. The quantitative estimate of drug-likeness (QED) is 0.217. The van der Waals surface area contributed by atoms with E-state index in [1.807, 2.05) is 130 Å². The van der Waals surface area contributed by atoms with Gasteiger partial charge in [0.05, 0.1) is 34.5 Å². The molecule has 12 heteroatoms. The van der Waals surface area contributed by atoms with E-state index in [0.717, 1.165) is 21.9 Å². The molecule has 0 N–H and O–H groups in total. The van der Waals surface area contributed by atoms with E-state index in [0.29, 0.717) is 33.5 Å². The minimum atomic E-state index is -0.629. The fourth-order valence-electron chi connectivity index (χ4n) is 7.54.